The normalized spacial score (nSPS) is 16.4. The second-order valence-electron chi connectivity index (χ2n) is 6.31. The minimum Gasteiger partial charge on any atom is -0.327 e. The first-order valence-electron chi connectivity index (χ1n) is 8.11. The van der Waals surface area contributed by atoms with E-state index in [0.29, 0.717) is 0 Å². The molecular formula is C15H37N5. The summed E-state index contributed by atoms with van der Waals surface area (Å²) in [6.07, 6.45) is 5.00. The van der Waals surface area contributed by atoms with Crippen LogP contribution in [-0.2, 0) is 0 Å². The molecule has 0 radical (unpaired) electrons. The third-order valence-corrected chi connectivity index (χ3v) is 3.14. The van der Waals surface area contributed by atoms with Gasteiger partial charge < -0.3 is 27.4 Å². The van der Waals surface area contributed by atoms with E-state index in [1.807, 2.05) is 6.92 Å². The Kier molecular flexibility index (Phi) is 12.4. The molecule has 0 aromatic rings. The quantitative estimate of drug-likeness (QED) is 0.370. The molecule has 0 spiro atoms. The summed E-state index contributed by atoms with van der Waals surface area (Å²) in [5, 5.41) is 3.37. The largest absolute Gasteiger partial charge is 0.327 e. The fourth-order valence-corrected chi connectivity index (χ4v) is 2.34. The van der Waals surface area contributed by atoms with Gasteiger partial charge in [0.25, 0.3) is 0 Å². The highest BCUT2D eigenvalue weighted by molar-refractivity contribution is 4.68. The molecule has 5 nitrogen and oxygen atoms in total. The summed E-state index contributed by atoms with van der Waals surface area (Å²) in [6, 6.07) is 0.687. The van der Waals surface area contributed by atoms with E-state index >= 15 is 0 Å². The zero-order chi connectivity index (χ0) is 15.4. The lowest BCUT2D eigenvalue weighted by molar-refractivity contribution is 0.244. The molecule has 3 unspecified atom stereocenters. The monoisotopic (exact) mass is 287 g/mol. The number of nitrogens with zero attached hydrogens (tertiary/aromatic N) is 1. The van der Waals surface area contributed by atoms with E-state index in [0.717, 1.165) is 32.7 Å². The molecule has 0 aromatic heterocycles. The molecule has 5 heteroatoms. The number of rotatable bonds is 13. The van der Waals surface area contributed by atoms with Gasteiger partial charge in [-0.2, -0.15) is 0 Å². The predicted molar refractivity (Wildman–Crippen MR) is 88.7 cm³/mol. The van der Waals surface area contributed by atoms with Gasteiger partial charge in [-0.15, -0.1) is 0 Å². The van der Waals surface area contributed by atoms with Crippen molar-refractivity contribution < 1.29 is 0 Å². The van der Waals surface area contributed by atoms with Crippen LogP contribution in [0, 0.1) is 0 Å². The Hall–Kier alpha value is -0.200. The molecule has 3 atom stereocenters. The number of unbranched alkanes of at least 4 members (excludes halogenated alkanes) is 3. The molecule has 0 fully saturated rings. The number of nitrogens with two attached hydrogens (primary N) is 3. The van der Waals surface area contributed by atoms with Gasteiger partial charge in [0.1, 0.15) is 0 Å². The van der Waals surface area contributed by atoms with Crippen LogP contribution in [0.3, 0.4) is 0 Å². The minimum absolute atomic E-state index is 0.219. The highest BCUT2D eigenvalue weighted by atomic mass is 15.1. The lowest BCUT2D eigenvalue weighted by Crippen LogP contribution is -2.42. The van der Waals surface area contributed by atoms with Crippen LogP contribution in [0.4, 0.5) is 0 Å². The molecule has 7 N–H and O–H groups in total. The first-order valence-corrected chi connectivity index (χ1v) is 8.11. The standard InChI is InChI=1S/C15H37N5/c1-13(16)10-19-8-6-4-5-7-9-20(11-14(2)17)12-15(3)18/h13-15,19H,4-12,16-18H2,1-3H3. The molecule has 0 aliphatic heterocycles. The summed E-state index contributed by atoms with van der Waals surface area (Å²) >= 11 is 0. The molecule has 0 aromatic carbocycles. The van der Waals surface area contributed by atoms with Gasteiger partial charge in [0.2, 0.25) is 0 Å². The van der Waals surface area contributed by atoms with E-state index < -0.39 is 0 Å². The highest BCUT2D eigenvalue weighted by Gasteiger charge is 2.09. The van der Waals surface area contributed by atoms with Gasteiger partial charge in [-0.25, -0.2) is 0 Å². The Morgan fingerprint density at radius 2 is 1.35 bits per heavy atom. The zero-order valence-electron chi connectivity index (χ0n) is 13.8. The van der Waals surface area contributed by atoms with E-state index in [9.17, 15) is 0 Å². The lowest BCUT2D eigenvalue weighted by atomic mass is 10.1. The fourth-order valence-electron chi connectivity index (χ4n) is 2.34. The van der Waals surface area contributed by atoms with E-state index in [1.165, 1.54) is 25.7 Å². The van der Waals surface area contributed by atoms with E-state index in [-0.39, 0.29) is 18.1 Å². The molecule has 0 saturated carbocycles. The molecular weight excluding hydrogens is 250 g/mol. The number of hydrogen-bond donors (Lipinski definition) is 4. The number of hydrogen-bond acceptors (Lipinski definition) is 5. The minimum atomic E-state index is 0.219. The first-order chi connectivity index (χ1) is 9.41. The summed E-state index contributed by atoms with van der Waals surface area (Å²) in [5.74, 6) is 0. The second kappa shape index (κ2) is 12.5. The molecule has 20 heavy (non-hydrogen) atoms. The first kappa shape index (κ1) is 19.8. The van der Waals surface area contributed by atoms with Gasteiger partial charge >= 0.3 is 0 Å². The summed E-state index contributed by atoms with van der Waals surface area (Å²) in [6.45, 7) is 11.1. The maximum Gasteiger partial charge on any atom is 0.0139 e. The molecule has 0 amide bonds. The third kappa shape index (κ3) is 14.2. The Bertz CT molecular complexity index is 196. The summed E-state index contributed by atoms with van der Waals surface area (Å²) in [5.41, 5.74) is 17.4. The summed E-state index contributed by atoms with van der Waals surface area (Å²) < 4.78 is 0. The van der Waals surface area contributed by atoms with Crippen molar-refractivity contribution in [3.05, 3.63) is 0 Å². The van der Waals surface area contributed by atoms with Crippen LogP contribution >= 0.6 is 0 Å². The van der Waals surface area contributed by atoms with Crippen LogP contribution in [0.1, 0.15) is 46.5 Å². The maximum absolute atomic E-state index is 5.88. The Morgan fingerprint density at radius 1 is 0.800 bits per heavy atom. The van der Waals surface area contributed by atoms with Crippen LogP contribution in [0.2, 0.25) is 0 Å². The highest BCUT2D eigenvalue weighted by Crippen LogP contribution is 2.03. The van der Waals surface area contributed by atoms with Crippen LogP contribution in [0.5, 0.6) is 0 Å². The van der Waals surface area contributed by atoms with Crippen molar-refractivity contribution in [1.29, 1.82) is 0 Å². The molecule has 0 aliphatic rings. The zero-order valence-corrected chi connectivity index (χ0v) is 13.8. The van der Waals surface area contributed by atoms with Gasteiger partial charge in [0.15, 0.2) is 0 Å². The van der Waals surface area contributed by atoms with Crippen LogP contribution in [0.25, 0.3) is 0 Å². The molecule has 0 rings (SSSR count). The van der Waals surface area contributed by atoms with Crippen LogP contribution in [0.15, 0.2) is 0 Å². The van der Waals surface area contributed by atoms with Crippen LogP contribution < -0.4 is 22.5 Å². The molecule has 0 saturated heterocycles. The van der Waals surface area contributed by atoms with Crippen molar-refractivity contribution in [3.8, 4) is 0 Å². The van der Waals surface area contributed by atoms with Crippen molar-refractivity contribution >= 4 is 0 Å². The van der Waals surface area contributed by atoms with Crippen molar-refractivity contribution in [2.45, 2.75) is 64.6 Å². The molecule has 0 heterocycles. The van der Waals surface area contributed by atoms with Crippen molar-refractivity contribution in [2.24, 2.45) is 17.2 Å². The Balaban J connectivity index is 3.53. The van der Waals surface area contributed by atoms with Gasteiger partial charge in [0.05, 0.1) is 0 Å². The average Bonchev–Trinajstić information content (AvgIpc) is 2.30. The predicted octanol–water partition coefficient (Wildman–Crippen LogP) is 0.480. The lowest BCUT2D eigenvalue weighted by Gasteiger charge is -2.25. The van der Waals surface area contributed by atoms with E-state index in [1.54, 1.807) is 0 Å². The van der Waals surface area contributed by atoms with Crippen molar-refractivity contribution in [3.63, 3.8) is 0 Å². The summed E-state index contributed by atoms with van der Waals surface area (Å²) in [4.78, 5) is 2.39. The van der Waals surface area contributed by atoms with E-state index in [2.05, 4.69) is 24.1 Å². The Morgan fingerprint density at radius 3 is 1.85 bits per heavy atom. The smallest absolute Gasteiger partial charge is 0.0139 e. The second-order valence-corrected chi connectivity index (χ2v) is 6.31. The van der Waals surface area contributed by atoms with Crippen LogP contribution in [-0.4, -0.2) is 55.7 Å². The van der Waals surface area contributed by atoms with Gasteiger partial charge in [0, 0.05) is 37.8 Å². The average molecular weight is 287 g/mol. The van der Waals surface area contributed by atoms with Gasteiger partial charge in [-0.1, -0.05) is 12.8 Å². The third-order valence-electron chi connectivity index (χ3n) is 3.14. The van der Waals surface area contributed by atoms with Gasteiger partial charge in [-0.3, -0.25) is 0 Å². The van der Waals surface area contributed by atoms with Crippen molar-refractivity contribution in [2.75, 3.05) is 32.7 Å². The van der Waals surface area contributed by atoms with E-state index in [4.69, 9.17) is 17.2 Å². The maximum atomic E-state index is 5.88. The topological polar surface area (TPSA) is 93.3 Å². The fraction of sp³-hybridized carbons (Fsp3) is 1.00. The molecule has 122 valence electrons. The summed E-state index contributed by atoms with van der Waals surface area (Å²) in [7, 11) is 0. The SMILES string of the molecule is CC(N)CNCCCCCCN(CC(C)N)CC(C)N. The number of nitrogens with one attached hydrogen (secondary N) is 1. The molecule has 0 bridgehead atoms. The Labute approximate surface area is 125 Å². The van der Waals surface area contributed by atoms with Crippen molar-refractivity contribution in [1.82, 2.24) is 10.2 Å². The molecule has 0 aliphatic carbocycles. The van der Waals surface area contributed by atoms with Gasteiger partial charge in [-0.05, 0) is 46.7 Å².